The fraction of sp³-hybridized carbons (Fsp3) is 0.520. The number of anilines is 2. The van der Waals surface area contributed by atoms with Gasteiger partial charge in [0.2, 0.25) is 29.6 Å². The number of halogens is 8. The number of carbonyl (C=O) groups excluding carboxylic acids is 3. The Hall–Kier alpha value is -5.88. The van der Waals surface area contributed by atoms with Gasteiger partial charge in [-0.25, -0.2) is 19.9 Å². The number of carboxylic acids is 1. The highest BCUT2D eigenvalue weighted by molar-refractivity contribution is 6.32. The van der Waals surface area contributed by atoms with Gasteiger partial charge >= 0.3 is 18.3 Å². The van der Waals surface area contributed by atoms with Gasteiger partial charge in [-0.3, -0.25) is 19.2 Å². The summed E-state index contributed by atoms with van der Waals surface area (Å²) in [4.78, 5) is 69.8. The number of nitrogens with one attached hydrogen (secondary N) is 1. The van der Waals surface area contributed by atoms with Crippen molar-refractivity contribution in [3.8, 4) is 0 Å². The van der Waals surface area contributed by atoms with E-state index in [4.69, 9.17) is 45.5 Å². The van der Waals surface area contributed by atoms with Crippen molar-refractivity contribution in [1.82, 2.24) is 35.1 Å². The van der Waals surface area contributed by atoms with E-state index in [1.807, 2.05) is 39.2 Å². The first-order chi connectivity index (χ1) is 34.9. The third kappa shape index (κ3) is 16.3. The van der Waals surface area contributed by atoms with E-state index in [9.17, 15) is 45.5 Å². The summed E-state index contributed by atoms with van der Waals surface area (Å²) in [5.74, 6) is -4.30. The molecule has 0 aliphatic heterocycles. The summed E-state index contributed by atoms with van der Waals surface area (Å²) < 4.78 is 81.9. The summed E-state index contributed by atoms with van der Waals surface area (Å²) in [6.07, 6.45) is -3.42. The lowest BCUT2D eigenvalue weighted by Gasteiger charge is -2.30. The van der Waals surface area contributed by atoms with Crippen LogP contribution in [0.25, 0.3) is 0 Å². The highest BCUT2D eigenvalue weighted by atomic mass is 35.5. The van der Waals surface area contributed by atoms with Crippen LogP contribution < -0.4 is 32.3 Å². The van der Waals surface area contributed by atoms with E-state index in [0.717, 1.165) is 17.5 Å². The maximum absolute atomic E-state index is 14.0. The minimum Gasteiger partial charge on any atom is -0.481 e. The molecule has 6 rings (SSSR count). The Morgan fingerprint density at radius 2 is 1.00 bits per heavy atom. The normalized spacial score (nSPS) is 16.0. The Kier molecular flexibility index (Phi) is 21.2. The van der Waals surface area contributed by atoms with Crippen molar-refractivity contribution >= 4 is 58.8 Å². The number of primary amides is 2. The predicted molar refractivity (Wildman–Crippen MR) is 275 cm³/mol. The molecule has 0 bridgehead atoms. The van der Waals surface area contributed by atoms with E-state index in [1.54, 1.807) is 62.3 Å². The van der Waals surface area contributed by atoms with Crippen LogP contribution in [0.2, 0.25) is 10.0 Å². The number of hydrogen-bond donors (Lipinski definition) is 5. The van der Waals surface area contributed by atoms with Crippen molar-refractivity contribution in [2.45, 2.75) is 87.6 Å². The fourth-order valence-electron chi connectivity index (χ4n) is 8.49. The van der Waals surface area contributed by atoms with Gasteiger partial charge < -0.3 is 47.2 Å². The molecule has 4 atom stereocenters. The summed E-state index contributed by atoms with van der Waals surface area (Å²) in [7, 11) is 14.5. The summed E-state index contributed by atoms with van der Waals surface area (Å²) in [5.41, 5.74) is 15.2. The third-order valence-electron chi connectivity index (χ3n) is 13.6. The lowest BCUT2D eigenvalue weighted by Crippen LogP contribution is -2.42. The summed E-state index contributed by atoms with van der Waals surface area (Å²) in [5, 5.41) is 12.7. The Morgan fingerprint density at radius 3 is 1.28 bits per heavy atom. The average molecular weight is 1100 g/mol. The SMILES string of the molecule is CN(C)[C@H](CN)Cc1ccc(C(N)=O)cc1Cl.CN(C)c1ncc(C(CC(=O)NC[C@H](Cc2ccc(C(N)=O)cc2Cl)N(C)C)C2(C(F)(F)F)CC2)cn1.CN(C)c1ncc(C(CC(=O)O)C2(C(F)(F)F)CC2)cn1. The van der Waals surface area contributed by atoms with Gasteiger partial charge in [0.25, 0.3) is 0 Å². The highest BCUT2D eigenvalue weighted by Gasteiger charge is 2.68. The van der Waals surface area contributed by atoms with Gasteiger partial charge in [-0.2, -0.15) is 26.3 Å². The molecule has 3 amide bonds. The molecule has 4 aromatic rings. The standard InChI is InChI=1S/C25H32ClF3N6O2.C13H16F3N3O2.C12H18ClN3O/c1-34(2)18(9-15-5-6-16(22(30)37)10-20(15)26)14-31-21(36)11-19(24(7-8-24)25(27,28)29)17-12-32-23(33-13-17)35(3)4;1-19(2)11-17-6-8(7-18-11)9(5-10(20)21)12(3-4-12)13(14,15)16;1-16(2)10(7-14)5-8-3-4-9(12(15)17)6-11(8)13/h5-6,10,12-13,18-19H,7-9,11,14H2,1-4H3,(H2,30,37)(H,31,36);6-7,9H,3-5H2,1-2H3,(H,20,21);3-4,6,10H,5,7,14H2,1-2H3,(H2,15,17)/t18-,19?;;10-/m0.0/s1. The largest absolute Gasteiger partial charge is 0.481 e. The van der Waals surface area contributed by atoms with Gasteiger partial charge in [0.15, 0.2) is 0 Å². The molecule has 75 heavy (non-hydrogen) atoms. The zero-order valence-electron chi connectivity index (χ0n) is 43.1. The van der Waals surface area contributed by atoms with Crippen molar-refractivity contribution in [2.75, 3.05) is 79.3 Å². The molecule has 8 N–H and O–H groups in total. The Bertz CT molecular complexity index is 2580. The van der Waals surface area contributed by atoms with Crippen LogP contribution in [-0.4, -0.2) is 152 Å². The number of rotatable bonds is 21. The first kappa shape index (κ1) is 61.7. The molecule has 0 saturated heterocycles. The van der Waals surface area contributed by atoms with E-state index in [1.165, 1.54) is 30.9 Å². The topological polar surface area (TPSA) is 243 Å². The highest BCUT2D eigenvalue weighted by Crippen LogP contribution is 2.67. The maximum atomic E-state index is 14.0. The monoisotopic (exact) mass is 1100 g/mol. The van der Waals surface area contributed by atoms with E-state index in [-0.39, 0.29) is 61.9 Å². The van der Waals surface area contributed by atoms with Crippen LogP contribution in [0.5, 0.6) is 0 Å². The molecule has 2 aromatic carbocycles. The number of amides is 3. The van der Waals surface area contributed by atoms with Crippen LogP contribution in [0.1, 0.15) is 93.3 Å². The summed E-state index contributed by atoms with van der Waals surface area (Å²) in [6, 6.07) is 9.92. The molecule has 2 aliphatic rings. The zero-order chi connectivity index (χ0) is 56.4. The first-order valence-corrected chi connectivity index (χ1v) is 24.4. The second-order valence-electron chi connectivity index (χ2n) is 19.7. The average Bonchev–Trinajstić information content (AvgIpc) is 4.27. The van der Waals surface area contributed by atoms with Crippen molar-refractivity contribution < 1.29 is 50.6 Å². The van der Waals surface area contributed by atoms with E-state index >= 15 is 0 Å². The second kappa shape index (κ2) is 25.8. The van der Waals surface area contributed by atoms with Crippen molar-refractivity contribution in [1.29, 1.82) is 0 Å². The maximum Gasteiger partial charge on any atom is 0.395 e. The fourth-order valence-corrected chi connectivity index (χ4v) is 9.01. The van der Waals surface area contributed by atoms with Crippen molar-refractivity contribution in [2.24, 2.45) is 28.0 Å². The number of carboxylic acid groups (broad SMARTS) is 1. The van der Waals surface area contributed by atoms with Crippen LogP contribution in [0.4, 0.5) is 38.2 Å². The zero-order valence-corrected chi connectivity index (χ0v) is 44.6. The summed E-state index contributed by atoms with van der Waals surface area (Å²) >= 11 is 12.4. The molecule has 2 saturated carbocycles. The van der Waals surface area contributed by atoms with Crippen LogP contribution in [0.15, 0.2) is 61.2 Å². The number of nitrogens with two attached hydrogens (primary N) is 3. The lowest BCUT2D eigenvalue weighted by atomic mass is 9.81. The quantitative estimate of drug-likeness (QED) is 0.0545. The Morgan fingerprint density at radius 1 is 0.640 bits per heavy atom. The number of benzene rings is 2. The molecule has 2 aromatic heterocycles. The van der Waals surface area contributed by atoms with E-state index in [0.29, 0.717) is 46.0 Å². The van der Waals surface area contributed by atoms with Crippen molar-refractivity contribution in [3.05, 3.63) is 105 Å². The minimum atomic E-state index is -4.45. The Balaban J connectivity index is 0.000000269. The number of nitrogens with zero attached hydrogens (tertiary/aromatic N) is 8. The van der Waals surface area contributed by atoms with Gasteiger partial charge in [-0.15, -0.1) is 0 Å². The minimum absolute atomic E-state index is 0.0377. The van der Waals surface area contributed by atoms with Crippen molar-refractivity contribution in [3.63, 3.8) is 0 Å². The smallest absolute Gasteiger partial charge is 0.395 e. The predicted octanol–water partition coefficient (Wildman–Crippen LogP) is 6.71. The van der Waals surface area contributed by atoms with E-state index in [2.05, 4.69) is 30.2 Å². The Labute approximate surface area is 442 Å². The van der Waals surface area contributed by atoms with Gasteiger partial charge in [0.1, 0.15) is 0 Å². The number of likely N-dealkylation sites (N-methyl/N-ethyl adjacent to an activating group) is 2. The van der Waals surface area contributed by atoms with Gasteiger partial charge in [-0.1, -0.05) is 35.3 Å². The van der Waals surface area contributed by atoms with Crippen LogP contribution in [0.3, 0.4) is 0 Å². The third-order valence-corrected chi connectivity index (χ3v) is 14.3. The molecule has 412 valence electrons. The van der Waals surface area contributed by atoms with Gasteiger partial charge in [0.05, 0.1) is 17.3 Å². The molecule has 0 spiro atoms. The molecule has 0 radical (unpaired) electrons. The molecule has 2 unspecified atom stereocenters. The second-order valence-corrected chi connectivity index (χ2v) is 20.5. The number of aromatic nitrogens is 4. The molecular formula is C50H66Cl2F6N12O5. The number of hydrogen-bond acceptors (Lipinski definition) is 13. The van der Waals surface area contributed by atoms with Crippen LogP contribution in [0, 0.1) is 10.8 Å². The van der Waals surface area contributed by atoms with Gasteiger partial charge in [0, 0.05) is 118 Å². The van der Waals surface area contributed by atoms with E-state index < -0.39 is 65.1 Å². The number of aliphatic carboxylic acids is 1. The molecule has 2 fully saturated rings. The van der Waals surface area contributed by atoms with Crippen LogP contribution in [-0.2, 0) is 22.4 Å². The molecule has 25 heteroatoms. The summed E-state index contributed by atoms with van der Waals surface area (Å²) in [6.45, 7) is 0.752. The van der Waals surface area contributed by atoms with Crippen LogP contribution >= 0.6 is 23.2 Å². The molecule has 2 aliphatic carbocycles. The first-order valence-electron chi connectivity index (χ1n) is 23.7. The molecular weight excluding hydrogens is 1030 g/mol. The van der Waals surface area contributed by atoms with Gasteiger partial charge in [-0.05, 0) is 113 Å². The number of carbonyl (C=O) groups is 4. The molecule has 17 nitrogen and oxygen atoms in total. The lowest BCUT2D eigenvalue weighted by molar-refractivity contribution is -0.196. The molecule has 2 heterocycles. The number of alkyl halides is 6.